The fourth-order valence-corrected chi connectivity index (χ4v) is 1.80. The molecule has 98 valence electrons. The van der Waals surface area contributed by atoms with Gasteiger partial charge >= 0.3 is 0 Å². The van der Waals surface area contributed by atoms with Crippen molar-refractivity contribution in [2.24, 2.45) is 5.73 Å². The van der Waals surface area contributed by atoms with Gasteiger partial charge in [-0.1, -0.05) is 18.3 Å². The standard InChI is InChI=1S/C14H11F2NOS/c1-8-2-3-12(14(17)19)13(4-8)18-11-6-9(15)5-10(16)7-11/h2-7H,1H3,(H2,17,19). The van der Waals surface area contributed by atoms with Gasteiger partial charge in [0.25, 0.3) is 0 Å². The van der Waals surface area contributed by atoms with Gasteiger partial charge in [-0.3, -0.25) is 0 Å². The van der Waals surface area contributed by atoms with E-state index in [1.165, 1.54) is 0 Å². The second-order valence-electron chi connectivity index (χ2n) is 4.07. The second-order valence-corrected chi connectivity index (χ2v) is 4.51. The molecule has 5 heteroatoms. The number of nitrogens with two attached hydrogens (primary N) is 1. The first-order valence-electron chi connectivity index (χ1n) is 5.50. The molecule has 0 radical (unpaired) electrons. The summed E-state index contributed by atoms with van der Waals surface area (Å²) in [4.78, 5) is 0.159. The summed E-state index contributed by atoms with van der Waals surface area (Å²) in [6.45, 7) is 1.86. The molecule has 0 saturated heterocycles. The number of aryl methyl sites for hydroxylation is 1. The second kappa shape index (κ2) is 5.32. The number of ether oxygens (including phenoxy) is 1. The third-order valence-electron chi connectivity index (χ3n) is 2.47. The Labute approximate surface area is 114 Å². The summed E-state index contributed by atoms with van der Waals surface area (Å²) < 4.78 is 31.7. The summed E-state index contributed by atoms with van der Waals surface area (Å²) in [6, 6.07) is 8.20. The Hall–Kier alpha value is -2.01. The molecule has 2 rings (SSSR count). The Morgan fingerprint density at radius 2 is 1.74 bits per heavy atom. The van der Waals surface area contributed by atoms with Crippen LogP contribution in [0.3, 0.4) is 0 Å². The van der Waals surface area contributed by atoms with E-state index >= 15 is 0 Å². The number of hydrogen-bond donors (Lipinski definition) is 1. The van der Waals surface area contributed by atoms with Gasteiger partial charge in [0.1, 0.15) is 28.1 Å². The van der Waals surface area contributed by atoms with Gasteiger partial charge in [-0.25, -0.2) is 8.78 Å². The summed E-state index contributed by atoms with van der Waals surface area (Å²) in [5, 5.41) is 0. The van der Waals surface area contributed by atoms with Crippen molar-refractivity contribution in [3.05, 3.63) is 59.2 Å². The zero-order valence-electron chi connectivity index (χ0n) is 10.1. The van der Waals surface area contributed by atoms with E-state index in [2.05, 4.69) is 0 Å². The Bertz CT molecular complexity index is 623. The van der Waals surface area contributed by atoms with Crippen LogP contribution in [0.15, 0.2) is 36.4 Å². The molecule has 0 bridgehead atoms. The quantitative estimate of drug-likeness (QED) is 0.870. The lowest BCUT2D eigenvalue weighted by Crippen LogP contribution is -2.10. The lowest BCUT2D eigenvalue weighted by molar-refractivity contribution is 0.467. The van der Waals surface area contributed by atoms with Crippen molar-refractivity contribution < 1.29 is 13.5 Å². The van der Waals surface area contributed by atoms with Crippen LogP contribution in [0.1, 0.15) is 11.1 Å². The molecule has 0 atom stereocenters. The Balaban J connectivity index is 2.42. The van der Waals surface area contributed by atoms with Crippen LogP contribution in [0, 0.1) is 18.6 Å². The normalized spacial score (nSPS) is 10.3. The summed E-state index contributed by atoms with van der Waals surface area (Å²) in [5.74, 6) is -0.989. The van der Waals surface area contributed by atoms with Gasteiger partial charge in [-0.15, -0.1) is 0 Å². The maximum absolute atomic E-state index is 13.1. The van der Waals surface area contributed by atoms with Gasteiger partial charge in [-0.2, -0.15) is 0 Å². The molecule has 0 heterocycles. The average molecular weight is 279 g/mol. The first-order chi connectivity index (χ1) is 8.95. The minimum atomic E-state index is -0.709. The van der Waals surface area contributed by atoms with Gasteiger partial charge < -0.3 is 10.5 Å². The first kappa shape index (κ1) is 13.4. The molecule has 2 nitrogen and oxygen atoms in total. The number of rotatable bonds is 3. The van der Waals surface area contributed by atoms with Crippen LogP contribution >= 0.6 is 12.2 Å². The molecule has 0 fully saturated rings. The molecule has 2 aromatic rings. The molecule has 0 aliphatic carbocycles. The lowest BCUT2D eigenvalue weighted by atomic mass is 10.1. The molecule has 0 unspecified atom stereocenters. The van der Waals surface area contributed by atoms with Crippen LogP contribution in [-0.4, -0.2) is 4.99 Å². The van der Waals surface area contributed by atoms with E-state index in [0.29, 0.717) is 11.3 Å². The average Bonchev–Trinajstić information content (AvgIpc) is 2.26. The molecule has 2 aromatic carbocycles. The zero-order valence-corrected chi connectivity index (χ0v) is 10.9. The van der Waals surface area contributed by atoms with E-state index in [9.17, 15) is 8.78 Å². The van der Waals surface area contributed by atoms with Crippen molar-refractivity contribution in [3.8, 4) is 11.5 Å². The van der Waals surface area contributed by atoms with E-state index in [4.69, 9.17) is 22.7 Å². The maximum atomic E-state index is 13.1. The molecule has 19 heavy (non-hydrogen) atoms. The third-order valence-corrected chi connectivity index (χ3v) is 2.69. The summed E-state index contributed by atoms with van der Waals surface area (Å²) >= 11 is 4.91. The fraction of sp³-hybridized carbons (Fsp3) is 0.0714. The zero-order chi connectivity index (χ0) is 14.0. The highest BCUT2D eigenvalue weighted by atomic mass is 32.1. The lowest BCUT2D eigenvalue weighted by Gasteiger charge is -2.11. The van der Waals surface area contributed by atoms with E-state index in [0.717, 1.165) is 23.8 Å². The molecule has 0 spiro atoms. The fourth-order valence-electron chi connectivity index (χ4n) is 1.63. The Morgan fingerprint density at radius 1 is 1.11 bits per heavy atom. The maximum Gasteiger partial charge on any atom is 0.137 e. The Kier molecular flexibility index (Phi) is 3.76. The molecule has 0 aliphatic heterocycles. The molecule has 0 aliphatic rings. The number of hydrogen-bond acceptors (Lipinski definition) is 2. The molecule has 0 aromatic heterocycles. The predicted octanol–water partition coefficient (Wildman–Crippen LogP) is 3.70. The SMILES string of the molecule is Cc1ccc(C(N)=S)c(Oc2cc(F)cc(F)c2)c1. The summed E-state index contributed by atoms with van der Waals surface area (Å²) in [7, 11) is 0. The minimum absolute atomic E-state index is 0.0561. The third kappa shape index (κ3) is 3.26. The highest BCUT2D eigenvalue weighted by Gasteiger charge is 2.09. The molecule has 0 saturated carbocycles. The summed E-state index contributed by atoms with van der Waals surface area (Å²) in [5.41, 5.74) is 7.02. The number of thiocarbonyl (C=S) groups is 1. The van der Waals surface area contributed by atoms with Crippen LogP contribution < -0.4 is 10.5 Å². The van der Waals surface area contributed by atoms with Gasteiger partial charge in [0.05, 0.1) is 5.56 Å². The van der Waals surface area contributed by atoms with Crippen molar-refractivity contribution in [2.75, 3.05) is 0 Å². The summed E-state index contributed by atoms with van der Waals surface area (Å²) in [6.07, 6.45) is 0. The number of benzene rings is 2. The van der Waals surface area contributed by atoms with Crippen LogP contribution in [0.5, 0.6) is 11.5 Å². The van der Waals surface area contributed by atoms with Crippen LogP contribution in [0.4, 0.5) is 8.78 Å². The van der Waals surface area contributed by atoms with Crippen LogP contribution in [-0.2, 0) is 0 Å². The molecule has 2 N–H and O–H groups in total. The predicted molar refractivity (Wildman–Crippen MR) is 73.5 cm³/mol. The van der Waals surface area contributed by atoms with Crippen molar-refractivity contribution in [3.63, 3.8) is 0 Å². The van der Waals surface area contributed by atoms with E-state index in [1.54, 1.807) is 12.1 Å². The van der Waals surface area contributed by atoms with E-state index < -0.39 is 11.6 Å². The smallest absolute Gasteiger partial charge is 0.137 e. The monoisotopic (exact) mass is 279 g/mol. The van der Waals surface area contributed by atoms with Gasteiger partial charge in [-0.05, 0) is 24.6 Å². The van der Waals surface area contributed by atoms with Gasteiger partial charge in [0, 0.05) is 18.2 Å². The highest BCUT2D eigenvalue weighted by Crippen LogP contribution is 2.27. The van der Waals surface area contributed by atoms with E-state index in [1.807, 2.05) is 13.0 Å². The molecule has 0 amide bonds. The molecular weight excluding hydrogens is 268 g/mol. The topological polar surface area (TPSA) is 35.2 Å². The Morgan fingerprint density at radius 3 is 2.32 bits per heavy atom. The molecular formula is C14H11F2NOS. The van der Waals surface area contributed by atoms with Crippen molar-refractivity contribution >= 4 is 17.2 Å². The van der Waals surface area contributed by atoms with Gasteiger partial charge in [0.2, 0.25) is 0 Å². The van der Waals surface area contributed by atoms with Crippen molar-refractivity contribution in [2.45, 2.75) is 6.92 Å². The van der Waals surface area contributed by atoms with Gasteiger partial charge in [0.15, 0.2) is 0 Å². The first-order valence-corrected chi connectivity index (χ1v) is 5.91. The van der Waals surface area contributed by atoms with Crippen molar-refractivity contribution in [1.29, 1.82) is 0 Å². The van der Waals surface area contributed by atoms with E-state index in [-0.39, 0.29) is 10.7 Å². The minimum Gasteiger partial charge on any atom is -0.456 e. The van der Waals surface area contributed by atoms with Crippen LogP contribution in [0.25, 0.3) is 0 Å². The van der Waals surface area contributed by atoms with Crippen LogP contribution in [0.2, 0.25) is 0 Å². The van der Waals surface area contributed by atoms with Crippen molar-refractivity contribution in [1.82, 2.24) is 0 Å². The largest absolute Gasteiger partial charge is 0.456 e. The highest BCUT2D eigenvalue weighted by molar-refractivity contribution is 7.80. The number of halogens is 2.